The van der Waals surface area contributed by atoms with Crippen molar-refractivity contribution < 1.29 is 9.53 Å². The number of carbonyl (C=O) groups is 1. The van der Waals surface area contributed by atoms with E-state index in [1.807, 2.05) is 54.6 Å². The highest BCUT2D eigenvalue weighted by Crippen LogP contribution is 2.17. The number of nitrogens with one attached hydrogen (secondary N) is 2. The van der Waals surface area contributed by atoms with Crippen molar-refractivity contribution in [2.24, 2.45) is 5.73 Å². The molecule has 2 rings (SSSR count). The van der Waals surface area contributed by atoms with E-state index in [1.54, 1.807) is 0 Å². The van der Waals surface area contributed by atoms with Crippen LogP contribution in [0.5, 0.6) is 5.75 Å². The second-order valence-corrected chi connectivity index (χ2v) is 4.80. The van der Waals surface area contributed by atoms with Crippen molar-refractivity contribution in [2.45, 2.75) is 6.42 Å². The molecular formula is C17H21N3O2. The molecule has 0 aliphatic rings. The van der Waals surface area contributed by atoms with Crippen molar-refractivity contribution in [1.29, 1.82) is 0 Å². The van der Waals surface area contributed by atoms with E-state index < -0.39 is 0 Å². The zero-order valence-corrected chi connectivity index (χ0v) is 12.4. The van der Waals surface area contributed by atoms with Crippen LogP contribution in [0.25, 0.3) is 0 Å². The predicted molar refractivity (Wildman–Crippen MR) is 89.2 cm³/mol. The van der Waals surface area contributed by atoms with Gasteiger partial charge in [0.2, 0.25) is 0 Å². The van der Waals surface area contributed by atoms with Crippen LogP contribution in [0.15, 0.2) is 54.6 Å². The Labute approximate surface area is 130 Å². The van der Waals surface area contributed by atoms with Gasteiger partial charge in [-0.15, -0.1) is 0 Å². The predicted octanol–water partition coefficient (Wildman–Crippen LogP) is 2.46. The minimum Gasteiger partial charge on any atom is -0.484 e. The second-order valence-electron chi connectivity index (χ2n) is 4.80. The van der Waals surface area contributed by atoms with E-state index in [0.29, 0.717) is 12.3 Å². The normalized spacial score (nSPS) is 10.0. The summed E-state index contributed by atoms with van der Waals surface area (Å²) in [6.45, 7) is 1.44. The zero-order chi connectivity index (χ0) is 15.6. The summed E-state index contributed by atoms with van der Waals surface area (Å²) in [5.74, 6) is 0.466. The van der Waals surface area contributed by atoms with Crippen LogP contribution in [-0.4, -0.2) is 25.6 Å². The van der Waals surface area contributed by atoms with E-state index in [2.05, 4.69) is 10.6 Å². The van der Waals surface area contributed by atoms with Crippen molar-refractivity contribution in [1.82, 2.24) is 0 Å². The highest BCUT2D eigenvalue weighted by molar-refractivity contribution is 5.91. The standard InChI is InChI=1S/C17H21N3O2/c18-10-5-11-19-15-8-4-9-16(12-15)22-13-17(21)20-14-6-2-1-3-7-14/h1-4,6-9,12,19H,5,10-11,13,18H2,(H,20,21). The molecule has 116 valence electrons. The molecule has 0 heterocycles. The Balaban J connectivity index is 1.80. The Bertz CT molecular complexity index is 587. The molecule has 2 aromatic carbocycles. The van der Waals surface area contributed by atoms with Crippen LogP contribution in [0.4, 0.5) is 11.4 Å². The number of hydrogen-bond donors (Lipinski definition) is 3. The quantitative estimate of drug-likeness (QED) is 0.654. The third-order valence-corrected chi connectivity index (χ3v) is 2.97. The number of benzene rings is 2. The molecule has 0 radical (unpaired) electrons. The molecule has 5 heteroatoms. The molecule has 0 aromatic heterocycles. The summed E-state index contributed by atoms with van der Waals surface area (Å²) in [5, 5.41) is 6.03. The number of hydrogen-bond acceptors (Lipinski definition) is 4. The molecule has 0 saturated carbocycles. The SMILES string of the molecule is NCCCNc1cccc(OCC(=O)Nc2ccccc2)c1. The Morgan fingerprint density at radius 3 is 2.59 bits per heavy atom. The lowest BCUT2D eigenvalue weighted by Gasteiger charge is -2.10. The van der Waals surface area contributed by atoms with Gasteiger partial charge in [-0.05, 0) is 37.2 Å². The minimum absolute atomic E-state index is 0.0266. The fourth-order valence-electron chi connectivity index (χ4n) is 1.90. The van der Waals surface area contributed by atoms with Gasteiger partial charge in [0.25, 0.3) is 5.91 Å². The second kappa shape index (κ2) is 8.69. The van der Waals surface area contributed by atoms with Crippen molar-refractivity contribution in [3.63, 3.8) is 0 Å². The highest BCUT2D eigenvalue weighted by Gasteiger charge is 2.04. The summed E-state index contributed by atoms with van der Waals surface area (Å²) in [4.78, 5) is 11.8. The third-order valence-electron chi connectivity index (χ3n) is 2.97. The van der Waals surface area contributed by atoms with E-state index in [9.17, 15) is 4.79 Å². The highest BCUT2D eigenvalue weighted by atomic mass is 16.5. The molecule has 0 saturated heterocycles. The number of carbonyl (C=O) groups excluding carboxylic acids is 1. The molecule has 0 unspecified atom stereocenters. The van der Waals surface area contributed by atoms with Crippen LogP contribution in [0, 0.1) is 0 Å². The van der Waals surface area contributed by atoms with Gasteiger partial charge in [0, 0.05) is 24.0 Å². The van der Waals surface area contributed by atoms with Crippen LogP contribution in [-0.2, 0) is 4.79 Å². The number of rotatable bonds is 8. The van der Waals surface area contributed by atoms with E-state index in [0.717, 1.165) is 24.3 Å². The summed E-state index contributed by atoms with van der Waals surface area (Å²) in [6.07, 6.45) is 0.907. The lowest BCUT2D eigenvalue weighted by Crippen LogP contribution is -2.20. The average molecular weight is 299 g/mol. The Hall–Kier alpha value is -2.53. The topological polar surface area (TPSA) is 76.4 Å². The van der Waals surface area contributed by atoms with Gasteiger partial charge in [-0.25, -0.2) is 0 Å². The van der Waals surface area contributed by atoms with Crippen LogP contribution < -0.4 is 21.1 Å². The van der Waals surface area contributed by atoms with E-state index in [-0.39, 0.29) is 12.5 Å². The van der Waals surface area contributed by atoms with Crippen molar-refractivity contribution in [2.75, 3.05) is 30.3 Å². The van der Waals surface area contributed by atoms with Crippen molar-refractivity contribution in [3.8, 4) is 5.75 Å². The first kappa shape index (κ1) is 15.9. The Morgan fingerprint density at radius 2 is 1.82 bits per heavy atom. The van der Waals surface area contributed by atoms with E-state index >= 15 is 0 Å². The number of amides is 1. The van der Waals surface area contributed by atoms with Crippen LogP contribution in [0.1, 0.15) is 6.42 Å². The van der Waals surface area contributed by atoms with Crippen LogP contribution in [0.3, 0.4) is 0 Å². The maximum absolute atomic E-state index is 11.8. The fourth-order valence-corrected chi connectivity index (χ4v) is 1.90. The van der Waals surface area contributed by atoms with Gasteiger partial charge < -0.3 is 21.1 Å². The molecular weight excluding hydrogens is 278 g/mol. The number of ether oxygens (including phenoxy) is 1. The summed E-state index contributed by atoms with van der Waals surface area (Å²) < 4.78 is 5.51. The van der Waals surface area contributed by atoms with Gasteiger partial charge in [-0.2, -0.15) is 0 Å². The number of anilines is 2. The van der Waals surface area contributed by atoms with E-state index in [4.69, 9.17) is 10.5 Å². The molecule has 22 heavy (non-hydrogen) atoms. The lowest BCUT2D eigenvalue weighted by atomic mass is 10.3. The molecule has 0 aliphatic carbocycles. The van der Waals surface area contributed by atoms with Gasteiger partial charge in [-0.3, -0.25) is 4.79 Å². The molecule has 5 nitrogen and oxygen atoms in total. The maximum Gasteiger partial charge on any atom is 0.262 e. The molecule has 0 fully saturated rings. The van der Waals surface area contributed by atoms with Crippen molar-refractivity contribution in [3.05, 3.63) is 54.6 Å². The number of para-hydroxylation sites is 1. The third kappa shape index (κ3) is 5.46. The summed E-state index contributed by atoms with van der Waals surface area (Å²) in [7, 11) is 0. The van der Waals surface area contributed by atoms with Gasteiger partial charge >= 0.3 is 0 Å². The van der Waals surface area contributed by atoms with E-state index in [1.165, 1.54) is 0 Å². The molecule has 0 bridgehead atoms. The monoisotopic (exact) mass is 299 g/mol. The fraction of sp³-hybridized carbons (Fsp3) is 0.235. The first-order chi connectivity index (χ1) is 10.8. The average Bonchev–Trinajstić information content (AvgIpc) is 2.55. The summed E-state index contributed by atoms with van der Waals surface area (Å²) in [6, 6.07) is 16.8. The molecule has 2 aromatic rings. The number of nitrogens with two attached hydrogens (primary N) is 1. The summed E-state index contributed by atoms with van der Waals surface area (Å²) >= 11 is 0. The first-order valence-corrected chi connectivity index (χ1v) is 7.29. The molecule has 0 aliphatic heterocycles. The van der Waals surface area contributed by atoms with Gasteiger partial charge in [0.05, 0.1) is 0 Å². The van der Waals surface area contributed by atoms with Crippen LogP contribution in [0.2, 0.25) is 0 Å². The van der Waals surface area contributed by atoms with Gasteiger partial charge in [0.15, 0.2) is 6.61 Å². The summed E-state index contributed by atoms with van der Waals surface area (Å²) in [5.41, 5.74) is 7.17. The van der Waals surface area contributed by atoms with Gasteiger partial charge in [0.1, 0.15) is 5.75 Å². The molecule has 1 amide bonds. The molecule has 0 atom stereocenters. The minimum atomic E-state index is -0.187. The molecule has 0 spiro atoms. The maximum atomic E-state index is 11.8. The smallest absolute Gasteiger partial charge is 0.262 e. The largest absolute Gasteiger partial charge is 0.484 e. The van der Waals surface area contributed by atoms with Crippen molar-refractivity contribution >= 4 is 17.3 Å². The van der Waals surface area contributed by atoms with Gasteiger partial charge in [-0.1, -0.05) is 24.3 Å². The zero-order valence-electron chi connectivity index (χ0n) is 12.4. The Kier molecular flexibility index (Phi) is 6.26. The Morgan fingerprint density at radius 1 is 1.05 bits per heavy atom. The van der Waals surface area contributed by atoms with Crippen LogP contribution >= 0.6 is 0 Å². The lowest BCUT2D eigenvalue weighted by molar-refractivity contribution is -0.118. The first-order valence-electron chi connectivity index (χ1n) is 7.29. The molecule has 4 N–H and O–H groups in total.